The van der Waals surface area contributed by atoms with Crippen LogP contribution in [-0.4, -0.2) is 29.8 Å². The zero-order valence-corrected chi connectivity index (χ0v) is 11.0. The zero-order chi connectivity index (χ0) is 14.0. The number of ketones is 1. The predicted molar refractivity (Wildman–Crippen MR) is 70.6 cm³/mol. The molecule has 0 atom stereocenters. The minimum absolute atomic E-state index is 0.202. The quantitative estimate of drug-likeness (QED) is 0.838. The number of ether oxygens (including phenoxy) is 2. The lowest BCUT2D eigenvalue weighted by Crippen LogP contribution is -2.06. The Bertz CT molecular complexity index is 620. The van der Waals surface area contributed by atoms with Gasteiger partial charge in [0, 0.05) is 12.6 Å². The van der Waals surface area contributed by atoms with Gasteiger partial charge < -0.3 is 15.2 Å². The number of aryl methyl sites for hydroxylation is 1. The summed E-state index contributed by atoms with van der Waals surface area (Å²) >= 11 is 0. The van der Waals surface area contributed by atoms with E-state index in [1.807, 2.05) is 0 Å². The number of nitrogen functional groups attached to an aromatic ring is 1. The van der Waals surface area contributed by atoms with Crippen molar-refractivity contribution in [2.75, 3.05) is 20.0 Å². The van der Waals surface area contributed by atoms with Gasteiger partial charge in [0.1, 0.15) is 5.82 Å². The third-order valence-corrected chi connectivity index (χ3v) is 2.87. The van der Waals surface area contributed by atoms with Crippen molar-refractivity contribution in [2.24, 2.45) is 7.05 Å². The second-order valence-electron chi connectivity index (χ2n) is 3.97. The highest BCUT2D eigenvalue weighted by molar-refractivity contribution is 6.11. The first-order chi connectivity index (χ1) is 9.08. The number of hydrogen-bond donors (Lipinski definition) is 1. The van der Waals surface area contributed by atoms with Crippen molar-refractivity contribution >= 4 is 11.6 Å². The second kappa shape index (κ2) is 5.01. The molecule has 2 rings (SSSR count). The van der Waals surface area contributed by atoms with E-state index in [9.17, 15) is 4.79 Å². The number of nitrogens with zero attached hydrogens (tertiary/aromatic N) is 2. The maximum absolute atomic E-state index is 12.3. The molecule has 0 aliphatic heterocycles. The first kappa shape index (κ1) is 12.9. The summed E-state index contributed by atoms with van der Waals surface area (Å²) in [4.78, 5) is 12.3. The Labute approximate surface area is 110 Å². The maximum Gasteiger partial charge on any atom is 0.198 e. The van der Waals surface area contributed by atoms with Gasteiger partial charge in [-0.05, 0) is 18.2 Å². The van der Waals surface area contributed by atoms with Crippen molar-refractivity contribution in [2.45, 2.75) is 0 Å². The number of aromatic nitrogens is 2. The summed E-state index contributed by atoms with van der Waals surface area (Å²) in [6.45, 7) is 0. The van der Waals surface area contributed by atoms with Gasteiger partial charge in [0.15, 0.2) is 17.3 Å². The molecule has 1 aromatic carbocycles. The number of carbonyl (C=O) groups excluding carboxylic acids is 1. The lowest BCUT2D eigenvalue weighted by Gasteiger charge is -2.08. The van der Waals surface area contributed by atoms with Crippen molar-refractivity contribution in [1.29, 1.82) is 0 Å². The van der Waals surface area contributed by atoms with Gasteiger partial charge in [-0.15, -0.1) is 0 Å². The second-order valence-corrected chi connectivity index (χ2v) is 3.97. The molecule has 100 valence electrons. The van der Waals surface area contributed by atoms with E-state index in [1.165, 1.54) is 18.0 Å². The van der Waals surface area contributed by atoms with Crippen LogP contribution >= 0.6 is 0 Å². The monoisotopic (exact) mass is 261 g/mol. The van der Waals surface area contributed by atoms with Crippen LogP contribution in [0.4, 0.5) is 5.82 Å². The lowest BCUT2D eigenvalue weighted by molar-refractivity contribution is 0.103. The number of nitrogens with two attached hydrogens (primary N) is 1. The molecule has 0 bridgehead atoms. The largest absolute Gasteiger partial charge is 0.493 e. The molecule has 2 N–H and O–H groups in total. The smallest absolute Gasteiger partial charge is 0.198 e. The highest BCUT2D eigenvalue weighted by Crippen LogP contribution is 2.29. The number of rotatable bonds is 4. The average molecular weight is 261 g/mol. The fourth-order valence-corrected chi connectivity index (χ4v) is 1.75. The Hall–Kier alpha value is -2.50. The fraction of sp³-hybridized carbons (Fsp3) is 0.231. The van der Waals surface area contributed by atoms with Crippen molar-refractivity contribution in [3.8, 4) is 11.5 Å². The molecule has 0 amide bonds. The van der Waals surface area contributed by atoms with E-state index in [1.54, 1.807) is 32.4 Å². The molecule has 0 spiro atoms. The molecule has 0 fully saturated rings. The molecule has 2 aromatic rings. The predicted octanol–water partition coefficient (Wildman–Crippen LogP) is 1.25. The molecule has 6 nitrogen and oxygen atoms in total. The van der Waals surface area contributed by atoms with E-state index >= 15 is 0 Å². The highest BCUT2D eigenvalue weighted by Gasteiger charge is 2.17. The molecule has 1 aromatic heterocycles. The molecular formula is C13H15N3O3. The van der Waals surface area contributed by atoms with Crippen LogP contribution in [0.3, 0.4) is 0 Å². The van der Waals surface area contributed by atoms with Crippen LogP contribution < -0.4 is 15.2 Å². The molecular weight excluding hydrogens is 246 g/mol. The van der Waals surface area contributed by atoms with Gasteiger partial charge >= 0.3 is 0 Å². The Morgan fingerprint density at radius 1 is 1.26 bits per heavy atom. The summed E-state index contributed by atoms with van der Waals surface area (Å²) in [6.07, 6.45) is 1.45. The molecule has 0 radical (unpaired) electrons. The topological polar surface area (TPSA) is 79.4 Å². The Morgan fingerprint density at radius 2 is 1.95 bits per heavy atom. The summed E-state index contributed by atoms with van der Waals surface area (Å²) < 4.78 is 11.7. The number of hydrogen-bond acceptors (Lipinski definition) is 5. The van der Waals surface area contributed by atoms with E-state index in [-0.39, 0.29) is 5.78 Å². The van der Waals surface area contributed by atoms with E-state index in [0.717, 1.165) is 0 Å². The summed E-state index contributed by atoms with van der Waals surface area (Å²) in [5.74, 6) is 1.19. The SMILES string of the molecule is COc1ccc(C(=O)c2cnn(C)c2N)cc1OC. The van der Waals surface area contributed by atoms with Crippen LogP contribution in [-0.2, 0) is 7.05 Å². The summed E-state index contributed by atoms with van der Waals surface area (Å²) in [7, 11) is 4.74. The highest BCUT2D eigenvalue weighted by atomic mass is 16.5. The Morgan fingerprint density at radius 3 is 2.47 bits per heavy atom. The first-order valence-corrected chi connectivity index (χ1v) is 5.62. The van der Waals surface area contributed by atoms with Crippen LogP contribution in [0.2, 0.25) is 0 Å². The number of methoxy groups -OCH3 is 2. The number of carbonyl (C=O) groups is 1. The van der Waals surface area contributed by atoms with Crippen LogP contribution in [0.15, 0.2) is 24.4 Å². The minimum Gasteiger partial charge on any atom is -0.493 e. The van der Waals surface area contributed by atoms with Crippen molar-refractivity contribution in [3.05, 3.63) is 35.5 Å². The third-order valence-electron chi connectivity index (χ3n) is 2.87. The van der Waals surface area contributed by atoms with Crippen molar-refractivity contribution in [3.63, 3.8) is 0 Å². The normalized spacial score (nSPS) is 10.3. The molecule has 0 saturated carbocycles. The van der Waals surface area contributed by atoms with E-state index in [0.29, 0.717) is 28.4 Å². The van der Waals surface area contributed by atoms with E-state index in [2.05, 4.69) is 5.10 Å². The lowest BCUT2D eigenvalue weighted by atomic mass is 10.1. The van der Waals surface area contributed by atoms with Crippen LogP contribution in [0.1, 0.15) is 15.9 Å². The van der Waals surface area contributed by atoms with Crippen LogP contribution in [0.25, 0.3) is 0 Å². The van der Waals surface area contributed by atoms with Gasteiger partial charge in [-0.2, -0.15) is 5.10 Å². The number of anilines is 1. The molecule has 0 saturated heterocycles. The minimum atomic E-state index is -0.202. The fourth-order valence-electron chi connectivity index (χ4n) is 1.75. The Kier molecular flexibility index (Phi) is 3.41. The van der Waals surface area contributed by atoms with Gasteiger partial charge in [-0.3, -0.25) is 9.48 Å². The molecule has 1 heterocycles. The van der Waals surface area contributed by atoms with Gasteiger partial charge in [-0.25, -0.2) is 0 Å². The summed E-state index contributed by atoms with van der Waals surface area (Å²) in [6, 6.07) is 4.96. The van der Waals surface area contributed by atoms with Crippen LogP contribution in [0.5, 0.6) is 11.5 Å². The third kappa shape index (κ3) is 2.24. The van der Waals surface area contributed by atoms with Crippen LogP contribution in [0, 0.1) is 0 Å². The maximum atomic E-state index is 12.3. The zero-order valence-electron chi connectivity index (χ0n) is 11.0. The van der Waals surface area contributed by atoms with E-state index in [4.69, 9.17) is 15.2 Å². The summed E-state index contributed by atoms with van der Waals surface area (Å²) in [5.41, 5.74) is 6.63. The average Bonchev–Trinajstić information content (AvgIpc) is 2.77. The molecule has 0 unspecified atom stereocenters. The standard InChI is InChI=1S/C13H15N3O3/c1-16-13(14)9(7-15-16)12(17)8-4-5-10(18-2)11(6-8)19-3/h4-7H,14H2,1-3H3. The van der Waals surface area contributed by atoms with Crippen molar-refractivity contribution in [1.82, 2.24) is 9.78 Å². The Balaban J connectivity index is 2.42. The molecule has 6 heteroatoms. The first-order valence-electron chi connectivity index (χ1n) is 5.62. The number of benzene rings is 1. The van der Waals surface area contributed by atoms with Crippen molar-refractivity contribution < 1.29 is 14.3 Å². The van der Waals surface area contributed by atoms with Gasteiger partial charge in [-0.1, -0.05) is 0 Å². The molecule has 0 aliphatic carbocycles. The summed E-state index contributed by atoms with van der Waals surface area (Å²) in [5, 5.41) is 3.95. The van der Waals surface area contributed by atoms with Gasteiger partial charge in [0.25, 0.3) is 0 Å². The van der Waals surface area contributed by atoms with E-state index < -0.39 is 0 Å². The molecule has 19 heavy (non-hydrogen) atoms. The van der Waals surface area contributed by atoms with Gasteiger partial charge in [0.05, 0.1) is 26.0 Å². The van der Waals surface area contributed by atoms with Gasteiger partial charge in [0.2, 0.25) is 0 Å². The molecule has 0 aliphatic rings.